The molecule has 3 rings (SSSR count). The van der Waals surface area contributed by atoms with Crippen molar-refractivity contribution >= 4 is 22.9 Å². The van der Waals surface area contributed by atoms with Gasteiger partial charge in [0.15, 0.2) is 0 Å². The molecule has 0 spiro atoms. The van der Waals surface area contributed by atoms with Crippen molar-refractivity contribution in [1.82, 2.24) is 15.5 Å². The zero-order valence-electron chi connectivity index (χ0n) is 14.0. The smallest absolute Gasteiger partial charge is 0.248 e. The lowest BCUT2D eigenvalue weighted by Gasteiger charge is -2.19. The predicted molar refractivity (Wildman–Crippen MR) is 98.7 cm³/mol. The van der Waals surface area contributed by atoms with Gasteiger partial charge < -0.3 is 14.6 Å². The first kappa shape index (κ1) is 17.2. The normalized spacial score (nSPS) is 10.6. The number of hydrogen-bond acceptors (Lipinski definition) is 6. The number of rotatable bonds is 8. The van der Waals surface area contributed by atoms with Crippen LogP contribution in [-0.2, 0) is 11.2 Å². The first-order valence-corrected chi connectivity index (χ1v) is 9.04. The molecule has 0 saturated heterocycles. The van der Waals surface area contributed by atoms with Gasteiger partial charge in [0.1, 0.15) is 0 Å². The SMILES string of the molecule is CN(CCNC(=O)CCc1nnc(-c2ccsc2)o1)c1ccccc1. The molecule has 0 aliphatic heterocycles. The first-order chi connectivity index (χ1) is 12.2. The fourth-order valence-corrected chi connectivity index (χ4v) is 2.97. The minimum atomic E-state index is -0.0169. The van der Waals surface area contributed by atoms with Crippen molar-refractivity contribution in [3.63, 3.8) is 0 Å². The van der Waals surface area contributed by atoms with E-state index >= 15 is 0 Å². The van der Waals surface area contributed by atoms with E-state index in [1.165, 1.54) is 0 Å². The summed E-state index contributed by atoms with van der Waals surface area (Å²) >= 11 is 1.58. The lowest BCUT2D eigenvalue weighted by atomic mass is 10.3. The molecule has 0 unspecified atom stereocenters. The third kappa shape index (κ3) is 4.90. The number of thiophene rings is 1. The average Bonchev–Trinajstić information content (AvgIpc) is 3.32. The Labute approximate surface area is 150 Å². The van der Waals surface area contributed by atoms with Crippen LogP contribution in [0.5, 0.6) is 0 Å². The molecule has 0 aliphatic carbocycles. The van der Waals surface area contributed by atoms with E-state index in [2.05, 4.69) is 20.4 Å². The second-order valence-electron chi connectivity index (χ2n) is 5.62. The molecule has 0 saturated carbocycles. The molecule has 25 heavy (non-hydrogen) atoms. The van der Waals surface area contributed by atoms with Crippen molar-refractivity contribution in [2.24, 2.45) is 0 Å². The van der Waals surface area contributed by atoms with Gasteiger partial charge in [-0.3, -0.25) is 4.79 Å². The highest BCUT2D eigenvalue weighted by molar-refractivity contribution is 7.08. The summed E-state index contributed by atoms with van der Waals surface area (Å²) in [5.41, 5.74) is 2.04. The molecule has 0 fully saturated rings. The van der Waals surface area contributed by atoms with Crippen molar-refractivity contribution in [1.29, 1.82) is 0 Å². The summed E-state index contributed by atoms with van der Waals surface area (Å²) in [6.07, 6.45) is 0.776. The van der Waals surface area contributed by atoms with Crippen molar-refractivity contribution < 1.29 is 9.21 Å². The third-order valence-corrected chi connectivity index (χ3v) is 4.45. The first-order valence-electron chi connectivity index (χ1n) is 8.10. The van der Waals surface area contributed by atoms with Gasteiger partial charge in [0.2, 0.25) is 17.7 Å². The number of aromatic nitrogens is 2. The minimum Gasteiger partial charge on any atom is -0.421 e. The standard InChI is InChI=1S/C18H20N4O2S/c1-22(15-5-3-2-4-6-15)11-10-19-16(23)7-8-17-20-21-18(24-17)14-9-12-25-13-14/h2-6,9,12-13H,7-8,10-11H2,1H3,(H,19,23). The molecule has 130 valence electrons. The lowest BCUT2D eigenvalue weighted by Crippen LogP contribution is -2.33. The molecule has 0 atom stereocenters. The summed E-state index contributed by atoms with van der Waals surface area (Å²) in [5.74, 6) is 0.968. The molecule has 6 nitrogen and oxygen atoms in total. The van der Waals surface area contributed by atoms with Crippen molar-refractivity contribution in [3.8, 4) is 11.5 Å². The van der Waals surface area contributed by atoms with E-state index in [-0.39, 0.29) is 5.91 Å². The Hall–Kier alpha value is -2.67. The van der Waals surface area contributed by atoms with E-state index in [1.807, 2.05) is 54.2 Å². The van der Waals surface area contributed by atoms with E-state index in [9.17, 15) is 4.79 Å². The van der Waals surface area contributed by atoms with Crippen LogP contribution >= 0.6 is 11.3 Å². The Morgan fingerprint density at radius 3 is 2.84 bits per heavy atom. The van der Waals surface area contributed by atoms with E-state index < -0.39 is 0 Å². The third-order valence-electron chi connectivity index (χ3n) is 3.77. The summed E-state index contributed by atoms with van der Waals surface area (Å²) < 4.78 is 5.58. The zero-order valence-corrected chi connectivity index (χ0v) is 14.8. The lowest BCUT2D eigenvalue weighted by molar-refractivity contribution is -0.121. The number of nitrogens with one attached hydrogen (secondary N) is 1. The number of hydrogen-bond donors (Lipinski definition) is 1. The van der Waals surface area contributed by atoms with E-state index in [0.29, 0.717) is 31.2 Å². The van der Waals surface area contributed by atoms with E-state index in [1.54, 1.807) is 11.3 Å². The minimum absolute atomic E-state index is 0.0169. The number of nitrogens with zero attached hydrogens (tertiary/aromatic N) is 3. The second-order valence-corrected chi connectivity index (χ2v) is 6.40. The fraction of sp³-hybridized carbons (Fsp3) is 0.278. The number of anilines is 1. The maximum absolute atomic E-state index is 12.0. The van der Waals surface area contributed by atoms with Gasteiger partial charge in [0.05, 0.1) is 0 Å². The maximum atomic E-state index is 12.0. The van der Waals surface area contributed by atoms with Crippen LogP contribution in [0, 0.1) is 0 Å². The number of aryl methyl sites for hydroxylation is 1. The maximum Gasteiger partial charge on any atom is 0.248 e. The largest absolute Gasteiger partial charge is 0.421 e. The Morgan fingerprint density at radius 1 is 1.24 bits per heavy atom. The summed E-state index contributed by atoms with van der Waals surface area (Å²) in [4.78, 5) is 14.1. The van der Waals surface area contributed by atoms with Crippen molar-refractivity contribution in [2.45, 2.75) is 12.8 Å². The highest BCUT2D eigenvalue weighted by atomic mass is 32.1. The van der Waals surface area contributed by atoms with Gasteiger partial charge in [0, 0.05) is 49.6 Å². The summed E-state index contributed by atoms with van der Waals surface area (Å²) in [7, 11) is 2.01. The van der Waals surface area contributed by atoms with Gasteiger partial charge in [-0.15, -0.1) is 10.2 Å². The summed E-state index contributed by atoms with van der Waals surface area (Å²) in [6, 6.07) is 12.0. The predicted octanol–water partition coefficient (Wildman–Crippen LogP) is 2.98. The van der Waals surface area contributed by atoms with Crippen LogP contribution < -0.4 is 10.2 Å². The Balaban J connectivity index is 1.38. The van der Waals surface area contributed by atoms with Gasteiger partial charge in [-0.2, -0.15) is 11.3 Å². The monoisotopic (exact) mass is 356 g/mol. The molecule has 2 aromatic heterocycles. The van der Waals surface area contributed by atoms with Crippen LogP contribution in [0.1, 0.15) is 12.3 Å². The molecule has 0 radical (unpaired) electrons. The molecule has 3 aromatic rings. The quantitative estimate of drug-likeness (QED) is 0.672. The molecular weight excluding hydrogens is 336 g/mol. The fourth-order valence-electron chi connectivity index (χ4n) is 2.34. The molecule has 0 bridgehead atoms. The summed E-state index contributed by atoms with van der Waals surface area (Å²) in [5, 5.41) is 14.8. The number of benzene rings is 1. The number of carbonyl (C=O) groups is 1. The van der Waals surface area contributed by atoms with Gasteiger partial charge in [0.25, 0.3) is 0 Å². The highest BCUT2D eigenvalue weighted by Gasteiger charge is 2.11. The molecular formula is C18H20N4O2S. The molecule has 1 aromatic carbocycles. The molecule has 2 heterocycles. The molecule has 1 amide bonds. The Bertz CT molecular complexity index is 787. The number of amides is 1. The van der Waals surface area contributed by atoms with Crippen molar-refractivity contribution in [2.75, 3.05) is 25.0 Å². The highest BCUT2D eigenvalue weighted by Crippen LogP contribution is 2.20. The van der Waals surface area contributed by atoms with Crippen LogP contribution in [0.25, 0.3) is 11.5 Å². The van der Waals surface area contributed by atoms with Gasteiger partial charge in [-0.05, 0) is 23.6 Å². The van der Waals surface area contributed by atoms with Gasteiger partial charge >= 0.3 is 0 Å². The Kier molecular flexibility index (Phi) is 5.79. The van der Waals surface area contributed by atoms with E-state index in [4.69, 9.17) is 4.42 Å². The van der Waals surface area contributed by atoms with Gasteiger partial charge in [-0.1, -0.05) is 18.2 Å². The average molecular weight is 356 g/mol. The number of likely N-dealkylation sites (N-methyl/N-ethyl adjacent to an activating group) is 1. The Morgan fingerprint density at radius 2 is 2.08 bits per heavy atom. The van der Waals surface area contributed by atoms with Crippen LogP contribution in [-0.4, -0.2) is 36.2 Å². The molecule has 1 N–H and O–H groups in total. The molecule has 7 heteroatoms. The number of para-hydroxylation sites is 1. The van der Waals surface area contributed by atoms with Crippen LogP contribution in [0.15, 0.2) is 51.6 Å². The van der Waals surface area contributed by atoms with Crippen LogP contribution in [0.3, 0.4) is 0 Å². The van der Waals surface area contributed by atoms with Crippen LogP contribution in [0.4, 0.5) is 5.69 Å². The number of carbonyl (C=O) groups excluding carboxylic acids is 1. The van der Waals surface area contributed by atoms with Crippen LogP contribution in [0.2, 0.25) is 0 Å². The topological polar surface area (TPSA) is 71.3 Å². The van der Waals surface area contributed by atoms with E-state index in [0.717, 1.165) is 17.8 Å². The summed E-state index contributed by atoms with van der Waals surface area (Å²) in [6.45, 7) is 1.34. The van der Waals surface area contributed by atoms with Crippen molar-refractivity contribution in [3.05, 3.63) is 53.0 Å². The zero-order chi connectivity index (χ0) is 17.5. The molecule has 0 aliphatic rings. The van der Waals surface area contributed by atoms with Gasteiger partial charge in [-0.25, -0.2) is 0 Å². The second kappa shape index (κ2) is 8.43.